The van der Waals surface area contributed by atoms with Gasteiger partial charge in [-0.3, -0.25) is 4.79 Å². The summed E-state index contributed by atoms with van der Waals surface area (Å²) in [6, 6.07) is 11.1. The largest absolute Gasteiger partial charge is 0.547 e. The summed E-state index contributed by atoms with van der Waals surface area (Å²) in [5.41, 5.74) is 3.98. The Balaban J connectivity index is 1.41. The van der Waals surface area contributed by atoms with E-state index in [1.54, 1.807) is 12.1 Å². The first-order valence-corrected chi connectivity index (χ1v) is 9.95. The van der Waals surface area contributed by atoms with Gasteiger partial charge in [0.2, 0.25) is 5.91 Å². The molecule has 2 aliphatic heterocycles. The number of hydrogen-bond acceptors (Lipinski definition) is 6. The molecule has 0 bridgehead atoms. The lowest BCUT2D eigenvalue weighted by Crippen LogP contribution is -2.53. The van der Waals surface area contributed by atoms with Crippen LogP contribution in [0, 0.1) is 0 Å². The van der Waals surface area contributed by atoms with Gasteiger partial charge in [-0.05, 0) is 41.8 Å². The summed E-state index contributed by atoms with van der Waals surface area (Å²) >= 11 is 0. The molecule has 0 spiro atoms. The maximum Gasteiger partial charge on any atom is 0.547 e. The van der Waals surface area contributed by atoms with Crippen LogP contribution in [0.25, 0.3) is 0 Å². The van der Waals surface area contributed by atoms with Crippen LogP contribution in [-0.2, 0) is 24.2 Å². The van der Waals surface area contributed by atoms with Gasteiger partial charge in [0.05, 0.1) is 17.9 Å². The Morgan fingerprint density at radius 1 is 1.27 bits per heavy atom. The average molecular weight is 409 g/mol. The van der Waals surface area contributed by atoms with Gasteiger partial charge in [-0.1, -0.05) is 30.3 Å². The monoisotopic (exact) mass is 409 g/mol. The second-order valence-corrected chi connectivity index (χ2v) is 7.69. The van der Waals surface area contributed by atoms with Crippen LogP contribution in [0.4, 0.5) is 0 Å². The Labute approximate surface area is 174 Å². The molecule has 30 heavy (non-hydrogen) atoms. The molecule has 0 radical (unpaired) electrons. The Kier molecular flexibility index (Phi) is 5.76. The van der Waals surface area contributed by atoms with Crippen LogP contribution in [0.15, 0.2) is 36.4 Å². The number of hydrogen-bond donors (Lipinski definition) is 5. The lowest BCUT2D eigenvalue weighted by atomic mass is 9.72. The number of rotatable bonds is 6. The van der Waals surface area contributed by atoms with E-state index in [0.29, 0.717) is 12.0 Å². The van der Waals surface area contributed by atoms with Crippen LogP contribution in [-0.4, -0.2) is 48.7 Å². The molecule has 2 aromatic rings. The van der Waals surface area contributed by atoms with Crippen LogP contribution >= 0.6 is 0 Å². The molecule has 0 aliphatic carbocycles. The first-order valence-electron chi connectivity index (χ1n) is 9.95. The zero-order valence-electron chi connectivity index (χ0n) is 16.6. The summed E-state index contributed by atoms with van der Waals surface area (Å²) < 4.78 is 5.43. The van der Waals surface area contributed by atoms with E-state index in [2.05, 4.69) is 22.0 Å². The van der Waals surface area contributed by atoms with Gasteiger partial charge in [0.1, 0.15) is 5.75 Å². The minimum atomic E-state index is -1.31. The summed E-state index contributed by atoms with van der Waals surface area (Å²) in [5.74, 6) is -1.84. The van der Waals surface area contributed by atoms with E-state index in [1.807, 2.05) is 19.2 Å². The fraction of sp³-hybridized carbons (Fsp3) is 0.333. The van der Waals surface area contributed by atoms with Crippen molar-refractivity contribution in [1.82, 2.24) is 16.0 Å². The van der Waals surface area contributed by atoms with Gasteiger partial charge in [-0.2, -0.15) is 0 Å². The van der Waals surface area contributed by atoms with E-state index < -0.39 is 19.0 Å². The van der Waals surface area contributed by atoms with Gasteiger partial charge in [0.15, 0.2) is 0 Å². The van der Waals surface area contributed by atoms with Crippen molar-refractivity contribution in [3.63, 3.8) is 0 Å². The molecule has 4 rings (SSSR count). The van der Waals surface area contributed by atoms with E-state index in [0.717, 1.165) is 18.7 Å². The number of para-hydroxylation sites is 1. The van der Waals surface area contributed by atoms with Gasteiger partial charge in [-0.25, -0.2) is 4.79 Å². The van der Waals surface area contributed by atoms with E-state index in [9.17, 15) is 19.7 Å². The lowest BCUT2D eigenvalue weighted by Gasteiger charge is -2.28. The summed E-state index contributed by atoms with van der Waals surface area (Å²) in [5, 5.41) is 29.0. The van der Waals surface area contributed by atoms with Crippen molar-refractivity contribution in [3.8, 4) is 5.75 Å². The van der Waals surface area contributed by atoms with Gasteiger partial charge < -0.3 is 30.7 Å². The lowest BCUT2D eigenvalue weighted by molar-refractivity contribution is -0.120. The third kappa shape index (κ3) is 4.05. The molecule has 2 aliphatic rings. The Hall–Kier alpha value is -2.88. The quantitative estimate of drug-likeness (QED) is 0.439. The molecule has 0 saturated carbocycles. The summed E-state index contributed by atoms with van der Waals surface area (Å²) in [6.45, 7) is 1.62. The van der Waals surface area contributed by atoms with Crippen LogP contribution in [0.5, 0.6) is 5.75 Å². The Morgan fingerprint density at radius 2 is 2.10 bits per heavy atom. The van der Waals surface area contributed by atoms with Crippen molar-refractivity contribution < 1.29 is 24.4 Å². The van der Waals surface area contributed by atoms with Gasteiger partial charge >= 0.3 is 13.1 Å². The Morgan fingerprint density at radius 3 is 2.87 bits per heavy atom. The number of carboxylic acids is 1. The highest BCUT2D eigenvalue weighted by Gasteiger charge is 2.37. The molecule has 0 fully saturated rings. The number of carbonyl (C=O) groups is 2. The van der Waals surface area contributed by atoms with Crippen molar-refractivity contribution in [2.75, 3.05) is 13.6 Å². The predicted molar refractivity (Wildman–Crippen MR) is 111 cm³/mol. The molecule has 0 saturated heterocycles. The van der Waals surface area contributed by atoms with E-state index >= 15 is 0 Å². The van der Waals surface area contributed by atoms with Crippen molar-refractivity contribution in [2.45, 2.75) is 31.4 Å². The van der Waals surface area contributed by atoms with Gasteiger partial charge in [-0.15, -0.1) is 0 Å². The van der Waals surface area contributed by atoms with Crippen LogP contribution in [0.3, 0.4) is 0 Å². The number of benzene rings is 2. The molecule has 1 amide bonds. The minimum Gasteiger partial charge on any atom is -0.534 e. The van der Waals surface area contributed by atoms with Gasteiger partial charge in [0.25, 0.3) is 0 Å². The topological polar surface area (TPSA) is 120 Å². The maximum atomic E-state index is 12.6. The molecular formula is C21H24BN3O5. The number of fused-ring (bicyclic) bond motifs is 2. The maximum absolute atomic E-state index is 12.6. The first-order chi connectivity index (χ1) is 14.5. The fourth-order valence-electron chi connectivity index (χ4n) is 4.15. The number of aromatic carboxylic acids is 1. The summed E-state index contributed by atoms with van der Waals surface area (Å²) in [4.78, 5) is 23.9. The summed E-state index contributed by atoms with van der Waals surface area (Å²) in [7, 11) is 0.608. The van der Waals surface area contributed by atoms with E-state index in [-0.39, 0.29) is 29.7 Å². The third-order valence-corrected chi connectivity index (χ3v) is 5.59. The van der Waals surface area contributed by atoms with Crippen LogP contribution in [0.2, 0.25) is 0 Å². The third-order valence-electron chi connectivity index (χ3n) is 5.59. The zero-order valence-corrected chi connectivity index (χ0v) is 16.6. The normalized spacial score (nSPS) is 19.6. The zero-order chi connectivity index (χ0) is 21.3. The smallest absolute Gasteiger partial charge is 0.534 e. The predicted octanol–water partition coefficient (Wildman–Crippen LogP) is 0.431. The average Bonchev–Trinajstić information content (AvgIpc) is 3.10. The Bertz CT molecular complexity index is 983. The molecule has 2 atom stereocenters. The second kappa shape index (κ2) is 8.47. The minimum absolute atomic E-state index is 0.000320. The highest BCUT2D eigenvalue weighted by atomic mass is 16.5. The molecule has 1 unspecified atom stereocenters. The SMILES string of the molecule is CNCC1NCc2cc(CC(=O)N[C@H]3Cc4cccc(C(=O)O)c4OB3O)ccc21. The van der Waals surface area contributed by atoms with Crippen molar-refractivity contribution in [2.24, 2.45) is 0 Å². The number of nitrogens with one attached hydrogen (secondary N) is 3. The highest BCUT2D eigenvalue weighted by Crippen LogP contribution is 2.30. The number of carbonyl (C=O) groups excluding carboxylic acids is 1. The number of carboxylic acid groups (broad SMARTS) is 1. The first kappa shape index (κ1) is 20.4. The van der Waals surface area contributed by atoms with Crippen molar-refractivity contribution in [1.29, 1.82) is 0 Å². The van der Waals surface area contributed by atoms with Crippen molar-refractivity contribution >= 4 is 19.0 Å². The summed E-state index contributed by atoms with van der Waals surface area (Å²) in [6.07, 6.45) is 0.485. The van der Waals surface area contributed by atoms with Crippen LogP contribution < -0.4 is 20.6 Å². The van der Waals surface area contributed by atoms with Crippen molar-refractivity contribution in [3.05, 3.63) is 64.2 Å². The highest BCUT2D eigenvalue weighted by molar-refractivity contribution is 6.47. The molecule has 8 nitrogen and oxygen atoms in total. The molecule has 156 valence electrons. The molecule has 5 N–H and O–H groups in total. The number of amides is 1. The fourth-order valence-corrected chi connectivity index (χ4v) is 4.15. The molecule has 9 heteroatoms. The number of likely N-dealkylation sites (N-methyl/N-ethyl adjacent to an activating group) is 1. The standard InChI is InChI=1S/C21H24BN3O5/c1-23-11-17-15-6-5-12(7-14(15)10-24-17)8-19(26)25-18-9-13-3-2-4-16(21(27)28)20(13)30-22(18)29/h2-7,17-18,23-24,29H,8-11H2,1H3,(H,25,26)(H,27,28)/t17?,18-/m0/s1. The molecule has 2 heterocycles. The second-order valence-electron chi connectivity index (χ2n) is 7.69. The van der Waals surface area contributed by atoms with Gasteiger partial charge in [0, 0.05) is 19.1 Å². The van der Waals surface area contributed by atoms with E-state index in [1.165, 1.54) is 17.2 Å². The molecular weight excluding hydrogens is 385 g/mol. The van der Waals surface area contributed by atoms with Crippen LogP contribution in [0.1, 0.15) is 38.7 Å². The molecule has 2 aromatic carbocycles. The molecule has 0 aromatic heterocycles. The van der Waals surface area contributed by atoms with E-state index in [4.69, 9.17) is 4.65 Å².